The molecule has 2 aliphatic heterocycles. The monoisotopic (exact) mass is 531 g/mol. The second-order valence-electron chi connectivity index (χ2n) is 10.2. The number of urea groups is 1. The van der Waals surface area contributed by atoms with E-state index in [1.54, 1.807) is 12.3 Å². The topological polar surface area (TPSA) is 133 Å². The number of fused-ring (bicyclic) bond motifs is 2. The molecule has 0 saturated carbocycles. The van der Waals surface area contributed by atoms with Crippen molar-refractivity contribution in [3.05, 3.63) is 65.6 Å². The summed E-state index contributed by atoms with van der Waals surface area (Å²) in [7, 11) is 0. The number of amides is 2. The lowest BCUT2D eigenvalue weighted by atomic mass is 10.1. The average Bonchev–Trinajstić information content (AvgIpc) is 3.60. The minimum Gasteiger partial charge on any atom is -0.337 e. The van der Waals surface area contributed by atoms with Crippen LogP contribution in [0.1, 0.15) is 42.8 Å². The van der Waals surface area contributed by atoms with Crippen LogP contribution in [0.5, 0.6) is 0 Å². The smallest absolute Gasteiger partial charge is 0.318 e. The Bertz CT molecular complexity index is 1470. The van der Waals surface area contributed by atoms with Gasteiger partial charge in [0.25, 0.3) is 0 Å². The second kappa shape index (κ2) is 9.97. The van der Waals surface area contributed by atoms with Gasteiger partial charge in [-0.25, -0.2) is 23.8 Å². The standard InChI is InChI=1S/C26H30FN11O/c1-15-8-22(32-23-9-16(2)34-35-23)33-25(30-15)36-13-20-5-6-21(14-36)38(20)26(39)31-17(3)18-4-7-24(28-10-18)37-12-19(27)11-29-37/h4,7-12,17,20-21H,5-6,13-14H2,1-3H3,(H,31,39)(H2,30,32,33,34,35)/t17-,20?,21?/m0/s1. The Morgan fingerprint density at radius 2 is 1.90 bits per heavy atom. The molecule has 6 rings (SSSR count). The highest BCUT2D eigenvalue weighted by Crippen LogP contribution is 2.32. The number of aromatic nitrogens is 7. The molecule has 2 aliphatic rings. The lowest BCUT2D eigenvalue weighted by Crippen LogP contribution is -2.58. The number of pyridine rings is 1. The van der Waals surface area contributed by atoms with Crippen LogP contribution in [0.15, 0.2) is 42.9 Å². The summed E-state index contributed by atoms with van der Waals surface area (Å²) in [5, 5.41) is 17.4. The van der Waals surface area contributed by atoms with Crippen molar-refractivity contribution >= 4 is 23.6 Å². The van der Waals surface area contributed by atoms with Gasteiger partial charge in [-0.2, -0.15) is 15.2 Å². The van der Waals surface area contributed by atoms with Crippen molar-refractivity contribution in [1.82, 2.24) is 45.1 Å². The third-order valence-electron chi connectivity index (χ3n) is 7.20. The fourth-order valence-electron chi connectivity index (χ4n) is 5.33. The van der Waals surface area contributed by atoms with Gasteiger partial charge in [-0.1, -0.05) is 6.07 Å². The van der Waals surface area contributed by atoms with Crippen LogP contribution in [-0.2, 0) is 0 Å². The number of aromatic amines is 1. The largest absolute Gasteiger partial charge is 0.337 e. The summed E-state index contributed by atoms with van der Waals surface area (Å²) >= 11 is 0. The normalized spacial score (nSPS) is 19.3. The molecule has 0 aromatic carbocycles. The zero-order valence-corrected chi connectivity index (χ0v) is 22.0. The van der Waals surface area contributed by atoms with Crippen molar-refractivity contribution in [1.29, 1.82) is 0 Å². The van der Waals surface area contributed by atoms with Gasteiger partial charge in [0.15, 0.2) is 17.5 Å². The third-order valence-corrected chi connectivity index (χ3v) is 7.20. The number of nitrogens with zero attached hydrogens (tertiary/aromatic N) is 8. The summed E-state index contributed by atoms with van der Waals surface area (Å²) in [5.41, 5.74) is 2.67. The molecule has 2 unspecified atom stereocenters. The molecule has 2 saturated heterocycles. The van der Waals surface area contributed by atoms with E-state index in [0.717, 1.165) is 36.0 Å². The van der Waals surface area contributed by atoms with E-state index in [0.29, 0.717) is 36.5 Å². The number of rotatable bonds is 6. The van der Waals surface area contributed by atoms with E-state index in [2.05, 4.69) is 40.8 Å². The predicted octanol–water partition coefficient (Wildman–Crippen LogP) is 3.40. The maximum atomic E-state index is 13.4. The van der Waals surface area contributed by atoms with Crippen molar-refractivity contribution < 1.29 is 9.18 Å². The van der Waals surface area contributed by atoms with Crippen LogP contribution in [0.3, 0.4) is 0 Å². The van der Waals surface area contributed by atoms with Crippen molar-refractivity contribution in [3.63, 3.8) is 0 Å². The molecular weight excluding hydrogens is 501 g/mol. The Hall–Kier alpha value is -4.55. The van der Waals surface area contributed by atoms with Gasteiger partial charge in [0, 0.05) is 42.8 Å². The van der Waals surface area contributed by atoms with Gasteiger partial charge in [-0.3, -0.25) is 5.10 Å². The highest BCUT2D eigenvalue weighted by Gasteiger charge is 2.43. The van der Waals surface area contributed by atoms with Crippen LogP contribution in [0, 0.1) is 19.7 Å². The fourth-order valence-corrected chi connectivity index (χ4v) is 5.33. The van der Waals surface area contributed by atoms with Gasteiger partial charge in [0.1, 0.15) is 5.82 Å². The quantitative estimate of drug-likeness (QED) is 0.345. The lowest BCUT2D eigenvalue weighted by Gasteiger charge is -2.41. The number of H-pyrrole nitrogens is 1. The Morgan fingerprint density at radius 3 is 2.54 bits per heavy atom. The highest BCUT2D eigenvalue weighted by molar-refractivity contribution is 5.76. The summed E-state index contributed by atoms with van der Waals surface area (Å²) in [6.07, 6.45) is 5.95. The number of hydrogen-bond donors (Lipinski definition) is 3. The van der Waals surface area contributed by atoms with Gasteiger partial charge in [0.05, 0.1) is 30.5 Å². The second-order valence-corrected chi connectivity index (χ2v) is 10.2. The van der Waals surface area contributed by atoms with Gasteiger partial charge < -0.3 is 20.4 Å². The summed E-state index contributed by atoms with van der Waals surface area (Å²) in [4.78, 5) is 31.3. The van der Waals surface area contributed by atoms with Crippen LogP contribution in [0.25, 0.3) is 5.82 Å². The Labute approximate surface area is 224 Å². The Balaban J connectivity index is 1.10. The Kier molecular flexibility index (Phi) is 6.33. The van der Waals surface area contributed by atoms with Crippen LogP contribution < -0.4 is 15.5 Å². The number of hydrogen-bond acceptors (Lipinski definition) is 8. The molecule has 4 aromatic heterocycles. The summed E-state index contributed by atoms with van der Waals surface area (Å²) in [6.45, 7) is 7.15. The summed E-state index contributed by atoms with van der Waals surface area (Å²) < 4.78 is 14.6. The molecular formula is C26H30FN11O. The number of piperazine rings is 1. The first kappa shape index (κ1) is 24.8. The molecule has 2 fully saturated rings. The summed E-state index contributed by atoms with van der Waals surface area (Å²) in [6, 6.07) is 7.24. The third kappa shape index (κ3) is 5.11. The molecule has 0 spiro atoms. The molecule has 2 amide bonds. The molecule has 4 aromatic rings. The maximum Gasteiger partial charge on any atom is 0.318 e. The van der Waals surface area contributed by atoms with Crippen LogP contribution in [0.2, 0.25) is 0 Å². The molecule has 12 nitrogen and oxygen atoms in total. The van der Waals surface area contributed by atoms with E-state index >= 15 is 0 Å². The molecule has 6 heterocycles. The van der Waals surface area contributed by atoms with Crippen molar-refractivity contribution in [2.45, 2.75) is 51.7 Å². The summed E-state index contributed by atoms with van der Waals surface area (Å²) in [5.74, 6) is 2.12. The Morgan fingerprint density at radius 1 is 1.10 bits per heavy atom. The van der Waals surface area contributed by atoms with Crippen LogP contribution in [0.4, 0.5) is 26.8 Å². The number of nitrogens with one attached hydrogen (secondary N) is 3. The van der Waals surface area contributed by atoms with Crippen molar-refractivity contribution in [2.24, 2.45) is 0 Å². The zero-order chi connectivity index (χ0) is 27.1. The van der Waals surface area contributed by atoms with Gasteiger partial charge in [0.2, 0.25) is 5.95 Å². The van der Waals surface area contributed by atoms with E-state index in [4.69, 9.17) is 4.98 Å². The minimum absolute atomic E-state index is 0.0701. The first-order valence-electron chi connectivity index (χ1n) is 13.0. The first-order valence-corrected chi connectivity index (χ1v) is 13.0. The van der Waals surface area contributed by atoms with Gasteiger partial charge in [-0.15, -0.1) is 0 Å². The van der Waals surface area contributed by atoms with E-state index in [1.165, 1.54) is 10.9 Å². The number of halogens is 1. The predicted molar refractivity (Wildman–Crippen MR) is 143 cm³/mol. The molecule has 13 heteroatoms. The zero-order valence-electron chi connectivity index (χ0n) is 22.0. The highest BCUT2D eigenvalue weighted by atomic mass is 19.1. The van der Waals surface area contributed by atoms with Crippen molar-refractivity contribution in [3.8, 4) is 5.82 Å². The SMILES string of the molecule is Cc1cc(Nc2cc(C)[nH]n2)nc(N2CC3CCC(C2)N3C(=O)N[C@@H](C)c2ccc(-n3cc(F)cn3)nc2)n1. The number of carbonyl (C=O) groups excluding carboxylic acids is 1. The van der Waals surface area contributed by atoms with E-state index < -0.39 is 5.82 Å². The van der Waals surface area contributed by atoms with Gasteiger partial charge >= 0.3 is 6.03 Å². The van der Waals surface area contributed by atoms with Crippen LogP contribution in [-0.4, -0.2) is 71.0 Å². The van der Waals surface area contributed by atoms with E-state index in [1.807, 2.05) is 43.9 Å². The molecule has 0 aliphatic carbocycles. The van der Waals surface area contributed by atoms with Crippen LogP contribution >= 0.6 is 0 Å². The number of carbonyl (C=O) groups is 1. The molecule has 202 valence electrons. The lowest BCUT2D eigenvalue weighted by molar-refractivity contribution is 0.159. The van der Waals surface area contributed by atoms with E-state index in [9.17, 15) is 9.18 Å². The van der Waals surface area contributed by atoms with Crippen molar-refractivity contribution in [2.75, 3.05) is 23.3 Å². The average molecular weight is 532 g/mol. The number of aryl methyl sites for hydroxylation is 2. The number of anilines is 3. The molecule has 3 atom stereocenters. The minimum atomic E-state index is -0.425. The molecule has 39 heavy (non-hydrogen) atoms. The molecule has 2 bridgehead atoms. The van der Waals surface area contributed by atoms with Gasteiger partial charge in [-0.05, 0) is 45.2 Å². The first-order chi connectivity index (χ1) is 18.8. The maximum absolute atomic E-state index is 13.4. The fraction of sp³-hybridized carbons (Fsp3) is 0.385. The molecule has 0 radical (unpaired) electrons. The molecule has 3 N–H and O–H groups in total. The van der Waals surface area contributed by atoms with E-state index in [-0.39, 0.29) is 24.2 Å².